The van der Waals surface area contributed by atoms with Gasteiger partial charge in [0, 0.05) is 6.04 Å². The molecule has 0 radical (unpaired) electrons. The van der Waals surface area contributed by atoms with E-state index in [-0.39, 0.29) is 0 Å². The van der Waals surface area contributed by atoms with Gasteiger partial charge in [-0.2, -0.15) is 0 Å². The minimum atomic E-state index is -2.73. The largest absolute Gasteiger partial charge is 0.314 e. The molecule has 0 aromatic rings. The van der Waals surface area contributed by atoms with Crippen LogP contribution in [0, 0.1) is 5.92 Å². The molecular weight excluding hydrogens is 222 g/mol. The van der Waals surface area contributed by atoms with Crippen LogP contribution in [0.3, 0.4) is 0 Å². The molecule has 0 aliphatic carbocycles. The molecule has 1 heterocycles. The Morgan fingerprint density at radius 3 is 2.69 bits per heavy atom. The summed E-state index contributed by atoms with van der Waals surface area (Å²) in [4.78, 5) is 0. The molecule has 1 aliphatic heterocycles. The zero-order chi connectivity index (χ0) is 12.2. The van der Waals surface area contributed by atoms with Gasteiger partial charge in [0.25, 0.3) is 0 Å². The highest BCUT2D eigenvalue weighted by Gasteiger charge is 2.29. The molecule has 1 N–H and O–H groups in total. The van der Waals surface area contributed by atoms with E-state index in [1.807, 2.05) is 6.92 Å². The Morgan fingerprint density at radius 2 is 2.25 bits per heavy atom. The summed E-state index contributed by atoms with van der Waals surface area (Å²) in [6, 6.07) is 0.390. The molecule has 1 aliphatic rings. The third-order valence-corrected chi connectivity index (χ3v) is 4.87. The van der Waals surface area contributed by atoms with Crippen molar-refractivity contribution in [2.24, 2.45) is 5.92 Å². The number of hydrogen-bond acceptors (Lipinski definition) is 3. The molecule has 1 rings (SSSR count). The van der Waals surface area contributed by atoms with Crippen molar-refractivity contribution in [1.82, 2.24) is 5.32 Å². The van der Waals surface area contributed by atoms with Crippen LogP contribution in [-0.4, -0.2) is 32.5 Å². The second kappa shape index (κ2) is 5.82. The van der Waals surface area contributed by atoms with E-state index in [2.05, 4.69) is 18.8 Å². The molecule has 2 unspecified atom stereocenters. The Hall–Kier alpha value is -0.350. The van der Waals surface area contributed by atoms with Crippen molar-refractivity contribution in [3.63, 3.8) is 0 Å². The highest BCUT2D eigenvalue weighted by Crippen LogP contribution is 2.24. The molecule has 4 heteroatoms. The Bertz CT molecular complexity index is 335. The molecule has 0 amide bonds. The first kappa shape index (κ1) is 13.7. The molecule has 16 heavy (non-hydrogen) atoms. The monoisotopic (exact) mass is 245 g/mol. The SMILES string of the molecule is C=C(C)CC(CC1CCS(=O)(=O)C1)NCC. The minimum absolute atomic E-state index is 0.341. The summed E-state index contributed by atoms with van der Waals surface area (Å²) < 4.78 is 22.7. The van der Waals surface area contributed by atoms with Gasteiger partial charge in [-0.3, -0.25) is 0 Å². The lowest BCUT2D eigenvalue weighted by Gasteiger charge is -2.20. The van der Waals surface area contributed by atoms with E-state index >= 15 is 0 Å². The highest BCUT2D eigenvalue weighted by atomic mass is 32.2. The van der Waals surface area contributed by atoms with Gasteiger partial charge in [0.15, 0.2) is 9.84 Å². The van der Waals surface area contributed by atoms with E-state index in [4.69, 9.17) is 0 Å². The Labute approximate surface area is 99.2 Å². The van der Waals surface area contributed by atoms with Crippen molar-refractivity contribution < 1.29 is 8.42 Å². The molecule has 0 aromatic heterocycles. The first-order valence-corrected chi connectivity index (χ1v) is 7.83. The van der Waals surface area contributed by atoms with Crippen LogP contribution in [-0.2, 0) is 9.84 Å². The Kier molecular flexibility index (Phi) is 4.99. The van der Waals surface area contributed by atoms with Gasteiger partial charge in [-0.15, -0.1) is 6.58 Å². The van der Waals surface area contributed by atoms with Crippen molar-refractivity contribution in [2.75, 3.05) is 18.1 Å². The van der Waals surface area contributed by atoms with E-state index < -0.39 is 9.84 Å². The molecule has 3 nitrogen and oxygen atoms in total. The fraction of sp³-hybridized carbons (Fsp3) is 0.833. The minimum Gasteiger partial charge on any atom is -0.314 e. The first-order valence-electron chi connectivity index (χ1n) is 6.01. The predicted molar refractivity (Wildman–Crippen MR) is 68.3 cm³/mol. The van der Waals surface area contributed by atoms with Crippen LogP contribution >= 0.6 is 0 Å². The number of rotatable bonds is 6. The van der Waals surface area contributed by atoms with Crippen LogP contribution in [0.1, 0.15) is 33.1 Å². The van der Waals surface area contributed by atoms with Gasteiger partial charge in [0.2, 0.25) is 0 Å². The summed E-state index contributed by atoms with van der Waals surface area (Å²) in [6.07, 6.45) is 2.74. The van der Waals surface area contributed by atoms with Gasteiger partial charge in [-0.25, -0.2) is 8.42 Å². The van der Waals surface area contributed by atoms with Crippen LogP contribution in [0.2, 0.25) is 0 Å². The molecule has 0 saturated carbocycles. The van der Waals surface area contributed by atoms with E-state index in [1.54, 1.807) is 0 Å². The van der Waals surface area contributed by atoms with E-state index in [0.717, 1.165) is 31.4 Å². The Morgan fingerprint density at radius 1 is 1.56 bits per heavy atom. The molecule has 1 fully saturated rings. The number of nitrogens with one attached hydrogen (secondary N) is 1. The van der Waals surface area contributed by atoms with Crippen LogP contribution in [0.4, 0.5) is 0 Å². The van der Waals surface area contributed by atoms with Crippen LogP contribution in [0.25, 0.3) is 0 Å². The fourth-order valence-corrected chi connectivity index (χ4v) is 4.29. The number of hydrogen-bond donors (Lipinski definition) is 1. The lowest BCUT2D eigenvalue weighted by Crippen LogP contribution is -2.31. The summed E-state index contributed by atoms with van der Waals surface area (Å²) >= 11 is 0. The summed E-state index contributed by atoms with van der Waals surface area (Å²) in [5.41, 5.74) is 1.16. The zero-order valence-electron chi connectivity index (χ0n) is 10.3. The molecule has 94 valence electrons. The Balaban J connectivity index is 2.46. The van der Waals surface area contributed by atoms with Crippen molar-refractivity contribution in [2.45, 2.75) is 39.2 Å². The molecular formula is C12H23NO2S. The maximum Gasteiger partial charge on any atom is 0.150 e. The summed E-state index contributed by atoms with van der Waals surface area (Å²) in [5, 5.41) is 3.41. The van der Waals surface area contributed by atoms with Gasteiger partial charge in [0.05, 0.1) is 11.5 Å². The summed E-state index contributed by atoms with van der Waals surface area (Å²) in [5.74, 6) is 1.10. The quantitative estimate of drug-likeness (QED) is 0.725. The lowest BCUT2D eigenvalue weighted by atomic mass is 9.95. The van der Waals surface area contributed by atoms with Gasteiger partial charge < -0.3 is 5.32 Å². The van der Waals surface area contributed by atoms with Crippen molar-refractivity contribution in [3.8, 4) is 0 Å². The molecule has 0 spiro atoms. The van der Waals surface area contributed by atoms with E-state index in [0.29, 0.717) is 23.5 Å². The first-order chi connectivity index (χ1) is 7.43. The third kappa shape index (κ3) is 4.66. The standard InChI is InChI=1S/C12H23NO2S/c1-4-13-12(7-10(2)3)8-11-5-6-16(14,15)9-11/h11-13H,2,4-9H2,1,3H3. The predicted octanol–water partition coefficient (Wildman–Crippen LogP) is 1.76. The normalized spacial score (nSPS) is 25.5. The van der Waals surface area contributed by atoms with Gasteiger partial charge in [-0.05, 0) is 38.6 Å². The van der Waals surface area contributed by atoms with Crippen LogP contribution in [0.15, 0.2) is 12.2 Å². The number of sulfone groups is 1. The second-order valence-electron chi connectivity index (χ2n) is 4.92. The average molecular weight is 245 g/mol. The molecule has 2 atom stereocenters. The summed E-state index contributed by atoms with van der Waals surface area (Å²) in [7, 11) is -2.73. The molecule has 1 saturated heterocycles. The van der Waals surface area contributed by atoms with Crippen LogP contribution in [0.5, 0.6) is 0 Å². The van der Waals surface area contributed by atoms with Crippen molar-refractivity contribution in [1.29, 1.82) is 0 Å². The third-order valence-electron chi connectivity index (χ3n) is 3.03. The second-order valence-corrected chi connectivity index (χ2v) is 7.15. The fourth-order valence-electron chi connectivity index (χ4n) is 2.41. The smallest absolute Gasteiger partial charge is 0.150 e. The zero-order valence-corrected chi connectivity index (χ0v) is 11.1. The molecule has 0 bridgehead atoms. The van der Waals surface area contributed by atoms with Crippen molar-refractivity contribution >= 4 is 9.84 Å². The maximum absolute atomic E-state index is 11.4. The maximum atomic E-state index is 11.4. The molecule has 0 aromatic carbocycles. The lowest BCUT2D eigenvalue weighted by molar-refractivity contribution is 0.409. The van der Waals surface area contributed by atoms with E-state index in [9.17, 15) is 8.42 Å². The highest BCUT2D eigenvalue weighted by molar-refractivity contribution is 7.91. The van der Waals surface area contributed by atoms with Gasteiger partial charge in [-0.1, -0.05) is 12.5 Å². The van der Waals surface area contributed by atoms with E-state index in [1.165, 1.54) is 0 Å². The topological polar surface area (TPSA) is 46.2 Å². The van der Waals surface area contributed by atoms with Gasteiger partial charge >= 0.3 is 0 Å². The van der Waals surface area contributed by atoms with Gasteiger partial charge in [0.1, 0.15) is 0 Å². The van der Waals surface area contributed by atoms with Crippen molar-refractivity contribution in [3.05, 3.63) is 12.2 Å². The average Bonchev–Trinajstić information content (AvgIpc) is 2.44. The summed E-state index contributed by atoms with van der Waals surface area (Å²) in [6.45, 7) is 8.95. The van der Waals surface area contributed by atoms with Crippen LogP contribution < -0.4 is 5.32 Å².